The van der Waals surface area contributed by atoms with Crippen LogP contribution in [0.5, 0.6) is 0 Å². The monoisotopic (exact) mass is 403 g/mol. The van der Waals surface area contributed by atoms with E-state index in [0.29, 0.717) is 5.71 Å². The summed E-state index contributed by atoms with van der Waals surface area (Å²) < 4.78 is 0. The van der Waals surface area contributed by atoms with Crippen molar-refractivity contribution < 1.29 is 9.59 Å². The van der Waals surface area contributed by atoms with Gasteiger partial charge in [0.25, 0.3) is 0 Å². The van der Waals surface area contributed by atoms with E-state index in [-0.39, 0.29) is 23.7 Å². The summed E-state index contributed by atoms with van der Waals surface area (Å²) in [5.41, 5.74) is 3.97. The van der Waals surface area contributed by atoms with Crippen LogP contribution in [0.3, 0.4) is 0 Å². The number of carbonyl (C=O) groups excluding carboxylic acids is 2. The molecule has 156 valence electrons. The Balaban J connectivity index is 1.18. The molecule has 4 saturated carbocycles. The van der Waals surface area contributed by atoms with Crippen molar-refractivity contribution in [3.05, 3.63) is 42.5 Å². The van der Waals surface area contributed by atoms with Crippen molar-refractivity contribution in [1.82, 2.24) is 5.43 Å². The lowest BCUT2D eigenvalue weighted by molar-refractivity contribution is -0.146. The number of nitrogens with zero attached hydrogens (tertiary/aromatic N) is 1. The van der Waals surface area contributed by atoms with E-state index in [2.05, 4.69) is 15.8 Å². The lowest BCUT2D eigenvalue weighted by Crippen LogP contribution is -2.52. The SMILES string of the molecule is CC(CC(=O)Nc1ccc2ccccc2c1)=NNC(=O)C12CC3CC(CC(C3)C1)C2. The number of benzene rings is 2. The van der Waals surface area contributed by atoms with Crippen molar-refractivity contribution >= 4 is 34.0 Å². The molecule has 0 atom stereocenters. The summed E-state index contributed by atoms with van der Waals surface area (Å²) in [4.78, 5) is 25.4. The van der Waals surface area contributed by atoms with E-state index in [0.717, 1.165) is 53.5 Å². The topological polar surface area (TPSA) is 70.6 Å². The second-order valence-electron chi connectivity index (χ2n) is 9.77. The Kier molecular flexibility index (Phi) is 4.84. The first kappa shape index (κ1) is 19.3. The maximum atomic E-state index is 13.0. The van der Waals surface area contributed by atoms with Gasteiger partial charge in [-0.05, 0) is 86.1 Å². The summed E-state index contributed by atoms with van der Waals surface area (Å²) in [5, 5.41) is 9.42. The molecule has 2 aromatic rings. The van der Waals surface area contributed by atoms with Gasteiger partial charge in [-0.25, -0.2) is 5.43 Å². The van der Waals surface area contributed by atoms with Crippen LogP contribution in [0.25, 0.3) is 10.8 Å². The number of hydrogen-bond acceptors (Lipinski definition) is 3. The van der Waals surface area contributed by atoms with Crippen molar-refractivity contribution in [2.45, 2.75) is 51.9 Å². The van der Waals surface area contributed by atoms with E-state index in [9.17, 15) is 9.59 Å². The minimum Gasteiger partial charge on any atom is -0.326 e. The summed E-state index contributed by atoms with van der Waals surface area (Å²) in [5.74, 6) is 2.10. The van der Waals surface area contributed by atoms with E-state index in [1.165, 1.54) is 19.3 Å². The van der Waals surface area contributed by atoms with Gasteiger partial charge in [0.1, 0.15) is 0 Å². The second-order valence-corrected chi connectivity index (χ2v) is 9.77. The number of hydrogen-bond donors (Lipinski definition) is 2. The summed E-state index contributed by atoms with van der Waals surface area (Å²) >= 11 is 0. The van der Waals surface area contributed by atoms with Gasteiger partial charge in [0.2, 0.25) is 11.8 Å². The Labute approximate surface area is 177 Å². The molecule has 0 aliphatic heterocycles. The maximum Gasteiger partial charge on any atom is 0.246 e. The third kappa shape index (κ3) is 3.73. The van der Waals surface area contributed by atoms with Crippen LogP contribution in [0.2, 0.25) is 0 Å². The molecule has 2 N–H and O–H groups in total. The zero-order valence-electron chi connectivity index (χ0n) is 17.5. The molecule has 5 nitrogen and oxygen atoms in total. The normalized spacial score (nSPS) is 29.8. The van der Waals surface area contributed by atoms with Gasteiger partial charge >= 0.3 is 0 Å². The second kappa shape index (κ2) is 7.53. The first-order valence-electron chi connectivity index (χ1n) is 11.1. The summed E-state index contributed by atoms with van der Waals surface area (Å²) in [6, 6.07) is 13.9. The molecule has 30 heavy (non-hydrogen) atoms. The molecule has 0 aromatic heterocycles. The lowest BCUT2D eigenvalue weighted by atomic mass is 9.49. The highest BCUT2D eigenvalue weighted by molar-refractivity contribution is 6.06. The molecule has 0 radical (unpaired) electrons. The average Bonchev–Trinajstić information content (AvgIpc) is 2.71. The lowest BCUT2D eigenvalue weighted by Gasteiger charge is -2.55. The van der Waals surface area contributed by atoms with Crippen LogP contribution >= 0.6 is 0 Å². The number of amides is 2. The van der Waals surface area contributed by atoms with Gasteiger partial charge in [-0.1, -0.05) is 30.3 Å². The molecular formula is C25H29N3O2. The van der Waals surface area contributed by atoms with Crippen molar-refractivity contribution in [2.24, 2.45) is 28.3 Å². The molecule has 2 aromatic carbocycles. The highest BCUT2D eigenvalue weighted by Gasteiger charge is 2.54. The Morgan fingerprint density at radius 1 is 0.967 bits per heavy atom. The Hall–Kier alpha value is -2.69. The molecule has 0 heterocycles. The van der Waals surface area contributed by atoms with Crippen molar-refractivity contribution in [3.63, 3.8) is 0 Å². The third-order valence-corrected chi connectivity index (χ3v) is 7.32. The molecule has 4 bridgehead atoms. The zero-order chi connectivity index (χ0) is 20.7. The van der Waals surface area contributed by atoms with Crippen LogP contribution in [0.4, 0.5) is 5.69 Å². The summed E-state index contributed by atoms with van der Waals surface area (Å²) in [6.45, 7) is 1.79. The van der Waals surface area contributed by atoms with Crippen LogP contribution in [0.15, 0.2) is 47.6 Å². The first-order chi connectivity index (χ1) is 14.5. The van der Waals surface area contributed by atoms with E-state index < -0.39 is 0 Å². The van der Waals surface area contributed by atoms with Crippen LogP contribution in [0.1, 0.15) is 51.9 Å². The standard InChI is InChI=1S/C25H29N3O2/c1-16(8-23(29)26-22-7-6-20-4-2-3-5-21(20)12-22)27-28-24(30)25-13-17-9-18(14-25)11-19(10-17)15-25/h2-7,12,17-19H,8-11,13-15H2,1H3,(H,26,29)(H,28,30). The number of nitrogens with one attached hydrogen (secondary N) is 2. The Bertz CT molecular complexity index is 991. The van der Waals surface area contributed by atoms with Crippen molar-refractivity contribution in [3.8, 4) is 0 Å². The van der Waals surface area contributed by atoms with Crippen LogP contribution in [-0.2, 0) is 9.59 Å². The molecule has 4 aliphatic rings. The fraction of sp³-hybridized carbons (Fsp3) is 0.480. The molecule has 6 rings (SSSR count). The first-order valence-corrected chi connectivity index (χ1v) is 11.1. The third-order valence-electron chi connectivity index (χ3n) is 7.32. The number of anilines is 1. The average molecular weight is 404 g/mol. The van der Waals surface area contributed by atoms with Gasteiger partial charge in [-0.2, -0.15) is 5.10 Å². The highest BCUT2D eigenvalue weighted by atomic mass is 16.2. The highest BCUT2D eigenvalue weighted by Crippen LogP contribution is 2.60. The van der Waals surface area contributed by atoms with Gasteiger partial charge < -0.3 is 5.32 Å². The van der Waals surface area contributed by atoms with Crippen molar-refractivity contribution in [2.75, 3.05) is 5.32 Å². The zero-order valence-corrected chi connectivity index (χ0v) is 17.5. The number of rotatable bonds is 5. The minimum absolute atomic E-state index is 0.0656. The van der Waals surface area contributed by atoms with Gasteiger partial charge in [0.15, 0.2) is 0 Å². The fourth-order valence-electron chi connectivity index (χ4n) is 6.40. The summed E-state index contributed by atoms with van der Waals surface area (Å²) in [7, 11) is 0. The van der Waals surface area contributed by atoms with Crippen LogP contribution in [0, 0.1) is 23.2 Å². The van der Waals surface area contributed by atoms with Gasteiger partial charge in [-0.3, -0.25) is 9.59 Å². The molecule has 5 heteroatoms. The Morgan fingerprint density at radius 3 is 2.27 bits per heavy atom. The largest absolute Gasteiger partial charge is 0.326 e. The quantitative estimate of drug-likeness (QED) is 0.552. The number of carbonyl (C=O) groups is 2. The molecule has 2 amide bonds. The predicted octanol–water partition coefficient (Wildman–Crippen LogP) is 4.88. The molecule has 0 unspecified atom stereocenters. The van der Waals surface area contributed by atoms with Gasteiger partial charge in [0, 0.05) is 11.4 Å². The predicted molar refractivity (Wildman–Crippen MR) is 119 cm³/mol. The van der Waals surface area contributed by atoms with Gasteiger partial charge in [-0.15, -0.1) is 0 Å². The van der Waals surface area contributed by atoms with Crippen molar-refractivity contribution in [1.29, 1.82) is 0 Å². The van der Waals surface area contributed by atoms with Crippen LogP contribution < -0.4 is 10.7 Å². The fourth-order valence-corrected chi connectivity index (χ4v) is 6.40. The molecule has 4 aliphatic carbocycles. The molecular weight excluding hydrogens is 374 g/mol. The molecule has 0 spiro atoms. The van der Waals surface area contributed by atoms with E-state index in [1.54, 1.807) is 6.92 Å². The number of fused-ring (bicyclic) bond motifs is 1. The van der Waals surface area contributed by atoms with Crippen LogP contribution in [-0.4, -0.2) is 17.5 Å². The minimum atomic E-state index is -0.216. The maximum absolute atomic E-state index is 13.0. The van der Waals surface area contributed by atoms with E-state index in [4.69, 9.17) is 0 Å². The van der Waals surface area contributed by atoms with Gasteiger partial charge in [0.05, 0.1) is 11.8 Å². The number of hydrazone groups is 1. The summed E-state index contributed by atoms with van der Waals surface area (Å²) in [6.07, 6.45) is 7.14. The molecule has 0 saturated heterocycles. The Morgan fingerprint density at radius 2 is 1.60 bits per heavy atom. The van der Waals surface area contributed by atoms with E-state index >= 15 is 0 Å². The smallest absolute Gasteiger partial charge is 0.246 e. The molecule has 4 fully saturated rings. The van der Waals surface area contributed by atoms with E-state index in [1.807, 2.05) is 42.5 Å².